The topological polar surface area (TPSA) is 58.4 Å². The molecule has 0 unspecified atom stereocenters. The molecule has 1 N–H and O–H groups in total. The standard InChI is InChI=1S/C9H11F2N3O2/c1-13(2)12-8-4-3-6(14(15)16)5-7(8)9(10)11/h3-5,9,12H,1-2H3. The molecule has 0 heterocycles. The quantitative estimate of drug-likeness (QED) is 0.638. The third-order valence-corrected chi connectivity index (χ3v) is 1.83. The second-order valence-corrected chi connectivity index (χ2v) is 3.34. The molecule has 0 aromatic heterocycles. The van der Waals surface area contributed by atoms with Crippen molar-refractivity contribution in [1.29, 1.82) is 0 Å². The molecule has 1 rings (SSSR count). The summed E-state index contributed by atoms with van der Waals surface area (Å²) in [5, 5.41) is 11.9. The van der Waals surface area contributed by atoms with Gasteiger partial charge in [-0.15, -0.1) is 0 Å². The number of benzene rings is 1. The van der Waals surface area contributed by atoms with Crippen LogP contribution < -0.4 is 5.43 Å². The molecule has 1 aromatic rings. The van der Waals surface area contributed by atoms with Crippen molar-refractivity contribution in [3.8, 4) is 0 Å². The second kappa shape index (κ2) is 4.84. The summed E-state index contributed by atoms with van der Waals surface area (Å²) in [6, 6.07) is 3.31. The van der Waals surface area contributed by atoms with Crippen molar-refractivity contribution in [2.45, 2.75) is 6.43 Å². The molecule has 88 valence electrons. The zero-order valence-electron chi connectivity index (χ0n) is 8.78. The first-order valence-corrected chi connectivity index (χ1v) is 4.42. The molecule has 0 radical (unpaired) electrons. The largest absolute Gasteiger partial charge is 0.319 e. The van der Waals surface area contributed by atoms with Crippen molar-refractivity contribution in [3.63, 3.8) is 0 Å². The Bertz CT molecular complexity index is 396. The van der Waals surface area contributed by atoms with Gasteiger partial charge in [0, 0.05) is 31.8 Å². The van der Waals surface area contributed by atoms with Gasteiger partial charge in [0.1, 0.15) is 0 Å². The van der Waals surface area contributed by atoms with Crippen LogP contribution in [0.2, 0.25) is 0 Å². The molecular weight excluding hydrogens is 220 g/mol. The van der Waals surface area contributed by atoms with Gasteiger partial charge in [0.25, 0.3) is 12.1 Å². The zero-order chi connectivity index (χ0) is 12.3. The first-order valence-electron chi connectivity index (χ1n) is 4.42. The van der Waals surface area contributed by atoms with Crippen molar-refractivity contribution in [1.82, 2.24) is 5.01 Å². The molecule has 0 spiro atoms. The normalized spacial score (nSPS) is 10.9. The Hall–Kier alpha value is -1.76. The molecule has 7 heteroatoms. The van der Waals surface area contributed by atoms with Crippen LogP contribution in [0.15, 0.2) is 18.2 Å². The summed E-state index contributed by atoms with van der Waals surface area (Å²) in [7, 11) is 3.27. The van der Waals surface area contributed by atoms with E-state index in [0.29, 0.717) is 0 Å². The van der Waals surface area contributed by atoms with Gasteiger partial charge in [-0.25, -0.2) is 13.8 Å². The predicted octanol–water partition coefficient (Wildman–Crippen LogP) is 2.42. The lowest BCUT2D eigenvalue weighted by Gasteiger charge is -2.16. The fourth-order valence-corrected chi connectivity index (χ4v) is 1.19. The van der Waals surface area contributed by atoms with Gasteiger partial charge in [0.2, 0.25) is 0 Å². The Morgan fingerprint density at radius 3 is 2.50 bits per heavy atom. The Morgan fingerprint density at radius 2 is 2.06 bits per heavy atom. The van der Waals surface area contributed by atoms with Crippen LogP contribution in [0.1, 0.15) is 12.0 Å². The third-order valence-electron chi connectivity index (χ3n) is 1.83. The Balaban J connectivity index is 3.14. The van der Waals surface area contributed by atoms with Crippen LogP contribution in [0.5, 0.6) is 0 Å². The van der Waals surface area contributed by atoms with Gasteiger partial charge in [-0.05, 0) is 6.07 Å². The van der Waals surface area contributed by atoms with E-state index in [0.717, 1.165) is 6.07 Å². The van der Waals surface area contributed by atoms with E-state index in [-0.39, 0.29) is 16.9 Å². The van der Waals surface area contributed by atoms with Gasteiger partial charge in [-0.3, -0.25) is 10.1 Å². The van der Waals surface area contributed by atoms with Crippen LogP contribution in [0, 0.1) is 10.1 Å². The summed E-state index contributed by atoms with van der Waals surface area (Å²) in [5.41, 5.74) is 2.08. The van der Waals surface area contributed by atoms with Crippen LogP contribution in [0.25, 0.3) is 0 Å². The molecule has 0 bridgehead atoms. The summed E-state index contributed by atoms with van der Waals surface area (Å²) >= 11 is 0. The SMILES string of the molecule is CN(C)Nc1ccc([N+](=O)[O-])cc1C(F)F. The average molecular weight is 231 g/mol. The average Bonchev–Trinajstić information content (AvgIpc) is 2.16. The molecule has 0 amide bonds. The summed E-state index contributed by atoms with van der Waals surface area (Å²) in [5.74, 6) is 0. The van der Waals surface area contributed by atoms with Gasteiger partial charge in [-0.1, -0.05) is 0 Å². The van der Waals surface area contributed by atoms with E-state index < -0.39 is 11.3 Å². The van der Waals surface area contributed by atoms with Crippen LogP contribution in [-0.4, -0.2) is 24.0 Å². The van der Waals surface area contributed by atoms with E-state index in [9.17, 15) is 18.9 Å². The first kappa shape index (κ1) is 12.3. The van der Waals surface area contributed by atoms with Gasteiger partial charge in [0.15, 0.2) is 0 Å². The second-order valence-electron chi connectivity index (χ2n) is 3.34. The number of hydrogen-bond donors (Lipinski definition) is 1. The highest BCUT2D eigenvalue weighted by atomic mass is 19.3. The van der Waals surface area contributed by atoms with Crippen molar-refractivity contribution >= 4 is 11.4 Å². The van der Waals surface area contributed by atoms with E-state index in [1.807, 2.05) is 0 Å². The molecule has 0 saturated carbocycles. The molecule has 5 nitrogen and oxygen atoms in total. The van der Waals surface area contributed by atoms with Crippen LogP contribution in [0.3, 0.4) is 0 Å². The summed E-state index contributed by atoms with van der Waals surface area (Å²) < 4.78 is 25.3. The minimum absolute atomic E-state index is 0.158. The summed E-state index contributed by atoms with van der Waals surface area (Å²) in [6.45, 7) is 0. The van der Waals surface area contributed by atoms with Crippen LogP contribution in [-0.2, 0) is 0 Å². The number of nitro groups is 1. The Morgan fingerprint density at radius 1 is 1.44 bits per heavy atom. The van der Waals surface area contributed by atoms with E-state index in [2.05, 4.69) is 5.43 Å². The maximum Gasteiger partial charge on any atom is 0.270 e. The molecule has 16 heavy (non-hydrogen) atoms. The molecular formula is C9H11F2N3O2. The number of hydrogen-bond acceptors (Lipinski definition) is 4. The Kier molecular flexibility index (Phi) is 3.73. The van der Waals surface area contributed by atoms with Gasteiger partial charge < -0.3 is 5.43 Å². The number of rotatable bonds is 4. The van der Waals surface area contributed by atoms with Crippen LogP contribution in [0.4, 0.5) is 20.2 Å². The van der Waals surface area contributed by atoms with E-state index >= 15 is 0 Å². The number of alkyl halides is 2. The predicted molar refractivity (Wildman–Crippen MR) is 55.4 cm³/mol. The van der Waals surface area contributed by atoms with Gasteiger partial charge in [-0.2, -0.15) is 0 Å². The van der Waals surface area contributed by atoms with Crippen LogP contribution >= 0.6 is 0 Å². The fraction of sp³-hybridized carbons (Fsp3) is 0.333. The van der Waals surface area contributed by atoms with Crippen molar-refractivity contribution < 1.29 is 13.7 Å². The summed E-state index contributed by atoms with van der Waals surface area (Å²) in [4.78, 5) is 9.74. The summed E-state index contributed by atoms with van der Waals surface area (Å²) in [6.07, 6.45) is -2.76. The third kappa shape index (κ3) is 2.86. The fourth-order valence-electron chi connectivity index (χ4n) is 1.19. The lowest BCUT2D eigenvalue weighted by molar-refractivity contribution is -0.385. The number of nitrogens with zero attached hydrogens (tertiary/aromatic N) is 2. The molecule has 1 aromatic carbocycles. The molecule has 0 aliphatic rings. The highest BCUT2D eigenvalue weighted by Gasteiger charge is 2.17. The molecule has 0 aliphatic carbocycles. The van der Waals surface area contributed by atoms with Crippen molar-refractivity contribution in [3.05, 3.63) is 33.9 Å². The zero-order valence-corrected chi connectivity index (χ0v) is 8.78. The van der Waals surface area contributed by atoms with Crippen molar-refractivity contribution in [2.24, 2.45) is 0 Å². The monoisotopic (exact) mass is 231 g/mol. The lowest BCUT2D eigenvalue weighted by Crippen LogP contribution is -2.20. The lowest BCUT2D eigenvalue weighted by atomic mass is 10.1. The Labute approximate surface area is 90.8 Å². The number of non-ortho nitro benzene ring substituents is 1. The van der Waals surface area contributed by atoms with E-state index in [1.165, 1.54) is 17.1 Å². The number of nitrogens with one attached hydrogen (secondary N) is 1. The van der Waals surface area contributed by atoms with Gasteiger partial charge >= 0.3 is 0 Å². The molecule has 0 aliphatic heterocycles. The molecule has 0 saturated heterocycles. The number of nitro benzene ring substituents is 1. The highest BCUT2D eigenvalue weighted by Crippen LogP contribution is 2.30. The first-order chi connectivity index (χ1) is 7.41. The maximum atomic E-state index is 12.6. The van der Waals surface area contributed by atoms with E-state index in [1.54, 1.807) is 14.1 Å². The number of hydrazine groups is 1. The van der Waals surface area contributed by atoms with Crippen molar-refractivity contribution in [2.75, 3.05) is 19.5 Å². The minimum atomic E-state index is -2.76. The molecule has 0 atom stereocenters. The maximum absolute atomic E-state index is 12.6. The smallest absolute Gasteiger partial charge is 0.270 e. The number of halogens is 2. The highest BCUT2D eigenvalue weighted by molar-refractivity contribution is 5.56. The molecule has 0 fully saturated rings. The van der Waals surface area contributed by atoms with E-state index in [4.69, 9.17) is 0 Å². The number of anilines is 1. The minimum Gasteiger partial charge on any atom is -0.319 e. The van der Waals surface area contributed by atoms with Gasteiger partial charge in [0.05, 0.1) is 10.6 Å².